The average Bonchev–Trinajstić information content (AvgIpc) is 2.97. The van der Waals surface area contributed by atoms with E-state index in [-0.39, 0.29) is 5.69 Å². The second kappa shape index (κ2) is 5.72. The molecule has 0 amide bonds. The van der Waals surface area contributed by atoms with Crippen LogP contribution in [0.4, 0.5) is 16.5 Å². The third-order valence-corrected chi connectivity index (χ3v) is 3.66. The Balaban J connectivity index is 1.77. The quantitative estimate of drug-likeness (QED) is 0.570. The van der Waals surface area contributed by atoms with Gasteiger partial charge in [-0.2, -0.15) is 0 Å². The highest BCUT2D eigenvalue weighted by molar-refractivity contribution is 7.14. The van der Waals surface area contributed by atoms with Crippen molar-refractivity contribution in [3.63, 3.8) is 0 Å². The first-order valence-electron chi connectivity index (χ1n) is 6.25. The molecule has 0 saturated heterocycles. The minimum atomic E-state index is -0.416. The van der Waals surface area contributed by atoms with Crippen molar-refractivity contribution in [2.24, 2.45) is 0 Å². The zero-order valence-electron chi connectivity index (χ0n) is 10.9. The van der Waals surface area contributed by atoms with E-state index in [1.54, 1.807) is 12.1 Å². The maximum absolute atomic E-state index is 10.6. The molecule has 3 rings (SSSR count). The first-order chi connectivity index (χ1) is 10.2. The summed E-state index contributed by atoms with van der Waals surface area (Å²) in [6, 6.07) is 16.2. The van der Waals surface area contributed by atoms with Crippen LogP contribution in [0, 0.1) is 10.1 Å². The molecule has 1 aromatic heterocycles. The van der Waals surface area contributed by atoms with Gasteiger partial charge in [-0.25, -0.2) is 4.98 Å². The molecule has 5 nitrogen and oxygen atoms in total. The number of nitrogens with one attached hydrogen (secondary N) is 1. The summed E-state index contributed by atoms with van der Waals surface area (Å²) in [6.45, 7) is 0. The summed E-state index contributed by atoms with van der Waals surface area (Å²) < 4.78 is 0. The fourth-order valence-corrected chi connectivity index (χ4v) is 2.60. The molecule has 2 aromatic carbocycles. The summed E-state index contributed by atoms with van der Waals surface area (Å²) in [4.78, 5) is 14.7. The van der Waals surface area contributed by atoms with Gasteiger partial charge in [0.1, 0.15) is 0 Å². The van der Waals surface area contributed by atoms with Crippen LogP contribution in [0.3, 0.4) is 0 Å². The van der Waals surface area contributed by atoms with Crippen molar-refractivity contribution in [3.05, 3.63) is 70.1 Å². The SMILES string of the molecule is O=[N+]([O-])c1ccc(Nc2nc(-c3ccccc3)cs2)cc1. The molecule has 3 aromatic rings. The van der Waals surface area contributed by atoms with Gasteiger partial charge in [-0.3, -0.25) is 10.1 Å². The Hall–Kier alpha value is -2.73. The second-order valence-corrected chi connectivity index (χ2v) is 5.19. The van der Waals surface area contributed by atoms with Crippen molar-refractivity contribution >= 4 is 27.8 Å². The Labute approximate surface area is 125 Å². The summed E-state index contributed by atoms with van der Waals surface area (Å²) in [6.07, 6.45) is 0. The molecule has 0 radical (unpaired) electrons. The van der Waals surface area contributed by atoms with E-state index in [2.05, 4.69) is 10.3 Å². The van der Waals surface area contributed by atoms with E-state index < -0.39 is 4.92 Å². The Morgan fingerprint density at radius 1 is 1.05 bits per heavy atom. The van der Waals surface area contributed by atoms with Gasteiger partial charge in [-0.1, -0.05) is 30.3 Å². The van der Waals surface area contributed by atoms with Crippen molar-refractivity contribution in [1.82, 2.24) is 4.98 Å². The van der Waals surface area contributed by atoms with E-state index in [1.807, 2.05) is 35.7 Å². The van der Waals surface area contributed by atoms with E-state index in [9.17, 15) is 10.1 Å². The van der Waals surface area contributed by atoms with E-state index in [0.29, 0.717) is 0 Å². The highest BCUT2D eigenvalue weighted by Crippen LogP contribution is 2.27. The third kappa shape index (κ3) is 3.06. The number of nitrogens with zero attached hydrogens (tertiary/aromatic N) is 2. The number of anilines is 2. The predicted octanol–water partition coefficient (Wildman–Crippen LogP) is 4.46. The summed E-state index contributed by atoms with van der Waals surface area (Å²) in [5.41, 5.74) is 2.81. The number of nitro groups is 1. The van der Waals surface area contributed by atoms with Crippen LogP contribution in [0.5, 0.6) is 0 Å². The van der Waals surface area contributed by atoms with Crippen LogP contribution in [0.15, 0.2) is 60.0 Å². The van der Waals surface area contributed by atoms with Gasteiger partial charge in [0.05, 0.1) is 10.6 Å². The van der Waals surface area contributed by atoms with Gasteiger partial charge < -0.3 is 5.32 Å². The third-order valence-electron chi connectivity index (χ3n) is 2.90. The molecule has 0 atom stereocenters. The molecule has 0 unspecified atom stereocenters. The van der Waals surface area contributed by atoms with Gasteiger partial charge >= 0.3 is 0 Å². The lowest BCUT2D eigenvalue weighted by Crippen LogP contribution is -1.91. The minimum absolute atomic E-state index is 0.0738. The van der Waals surface area contributed by atoms with E-state index >= 15 is 0 Å². The van der Waals surface area contributed by atoms with Gasteiger partial charge in [0.2, 0.25) is 0 Å². The number of thiazole rings is 1. The standard InChI is InChI=1S/C15H11N3O2S/c19-18(20)13-8-6-12(7-9-13)16-15-17-14(10-21-15)11-4-2-1-3-5-11/h1-10H,(H,16,17). The monoisotopic (exact) mass is 297 g/mol. The number of non-ortho nitro benzene ring substituents is 1. The number of aromatic nitrogens is 1. The van der Waals surface area contributed by atoms with Crippen molar-refractivity contribution in [1.29, 1.82) is 0 Å². The first kappa shape index (κ1) is 13.3. The molecular weight excluding hydrogens is 286 g/mol. The van der Waals surface area contributed by atoms with Gasteiger partial charge in [-0.05, 0) is 12.1 Å². The number of nitro benzene ring substituents is 1. The largest absolute Gasteiger partial charge is 0.332 e. The molecule has 6 heteroatoms. The van der Waals surface area contributed by atoms with Crippen LogP contribution >= 0.6 is 11.3 Å². The highest BCUT2D eigenvalue weighted by Gasteiger charge is 2.06. The van der Waals surface area contributed by atoms with Crippen molar-refractivity contribution in [2.75, 3.05) is 5.32 Å². The molecule has 0 aliphatic heterocycles. The number of rotatable bonds is 4. The fourth-order valence-electron chi connectivity index (χ4n) is 1.86. The maximum atomic E-state index is 10.6. The minimum Gasteiger partial charge on any atom is -0.332 e. The lowest BCUT2D eigenvalue weighted by atomic mass is 10.2. The van der Waals surface area contributed by atoms with Gasteiger partial charge in [0, 0.05) is 28.8 Å². The lowest BCUT2D eigenvalue weighted by molar-refractivity contribution is -0.384. The molecule has 0 fully saturated rings. The zero-order chi connectivity index (χ0) is 14.7. The van der Waals surface area contributed by atoms with Crippen molar-refractivity contribution < 1.29 is 4.92 Å². The molecule has 0 spiro atoms. The molecule has 0 bridgehead atoms. The molecule has 1 heterocycles. The van der Waals surface area contributed by atoms with Crippen molar-refractivity contribution in [2.45, 2.75) is 0 Å². The Bertz CT molecular complexity index is 754. The molecular formula is C15H11N3O2S. The summed E-state index contributed by atoms with van der Waals surface area (Å²) in [5, 5.41) is 16.5. The normalized spacial score (nSPS) is 10.3. The number of benzene rings is 2. The fraction of sp³-hybridized carbons (Fsp3) is 0. The lowest BCUT2D eigenvalue weighted by Gasteiger charge is -2.01. The molecule has 0 saturated carbocycles. The molecule has 21 heavy (non-hydrogen) atoms. The molecule has 0 aliphatic rings. The van der Waals surface area contributed by atoms with Crippen LogP contribution in [-0.4, -0.2) is 9.91 Å². The van der Waals surface area contributed by atoms with Crippen LogP contribution in [0.2, 0.25) is 0 Å². The Morgan fingerprint density at radius 2 is 1.76 bits per heavy atom. The van der Waals surface area contributed by atoms with Gasteiger partial charge in [0.15, 0.2) is 5.13 Å². The van der Waals surface area contributed by atoms with E-state index in [0.717, 1.165) is 22.1 Å². The predicted molar refractivity (Wildman–Crippen MR) is 83.9 cm³/mol. The van der Waals surface area contributed by atoms with Gasteiger partial charge in [-0.15, -0.1) is 11.3 Å². The zero-order valence-corrected chi connectivity index (χ0v) is 11.7. The van der Waals surface area contributed by atoms with Crippen LogP contribution in [-0.2, 0) is 0 Å². The smallest absolute Gasteiger partial charge is 0.269 e. The topological polar surface area (TPSA) is 68.1 Å². The molecule has 104 valence electrons. The van der Waals surface area contributed by atoms with Crippen molar-refractivity contribution in [3.8, 4) is 11.3 Å². The van der Waals surface area contributed by atoms with E-state index in [4.69, 9.17) is 0 Å². The van der Waals surface area contributed by atoms with Crippen LogP contribution in [0.25, 0.3) is 11.3 Å². The number of hydrogen-bond donors (Lipinski definition) is 1. The van der Waals surface area contributed by atoms with E-state index in [1.165, 1.54) is 23.5 Å². The van der Waals surface area contributed by atoms with Crippen LogP contribution < -0.4 is 5.32 Å². The maximum Gasteiger partial charge on any atom is 0.269 e. The molecule has 1 N–H and O–H groups in total. The Morgan fingerprint density at radius 3 is 2.43 bits per heavy atom. The van der Waals surface area contributed by atoms with Gasteiger partial charge in [0.25, 0.3) is 5.69 Å². The highest BCUT2D eigenvalue weighted by atomic mass is 32.1. The first-order valence-corrected chi connectivity index (χ1v) is 7.13. The molecule has 0 aliphatic carbocycles. The number of hydrogen-bond acceptors (Lipinski definition) is 5. The van der Waals surface area contributed by atoms with Crippen LogP contribution in [0.1, 0.15) is 0 Å². The second-order valence-electron chi connectivity index (χ2n) is 4.33. The summed E-state index contributed by atoms with van der Waals surface area (Å²) in [5.74, 6) is 0. The summed E-state index contributed by atoms with van der Waals surface area (Å²) >= 11 is 1.49. The summed E-state index contributed by atoms with van der Waals surface area (Å²) in [7, 11) is 0. The average molecular weight is 297 g/mol. The Kier molecular flexibility index (Phi) is 3.61.